The molecule has 2 rings (SSSR count). The van der Waals surface area contributed by atoms with E-state index in [2.05, 4.69) is 10.3 Å². The Morgan fingerprint density at radius 2 is 2.15 bits per heavy atom. The van der Waals surface area contributed by atoms with E-state index < -0.39 is 11.2 Å². The van der Waals surface area contributed by atoms with Crippen LogP contribution in [-0.4, -0.2) is 9.55 Å². The van der Waals surface area contributed by atoms with Gasteiger partial charge in [-0.25, -0.2) is 4.79 Å². The number of nitrogens with zero attached hydrogens (tertiary/aromatic N) is 1. The third kappa shape index (κ3) is 2.77. The van der Waals surface area contributed by atoms with E-state index >= 15 is 0 Å². The van der Waals surface area contributed by atoms with Crippen molar-refractivity contribution >= 4 is 22.8 Å². The number of aromatic amines is 1. The summed E-state index contributed by atoms with van der Waals surface area (Å²) in [6.45, 7) is 4.94. The molecule has 0 saturated carbocycles. The van der Waals surface area contributed by atoms with Crippen molar-refractivity contribution in [3.63, 3.8) is 0 Å². The Morgan fingerprint density at radius 1 is 1.40 bits per heavy atom. The molecular formula is C13H18N4O2S. The number of nitrogens with one attached hydrogen (secondary N) is 2. The van der Waals surface area contributed by atoms with Crippen molar-refractivity contribution in [2.45, 2.75) is 33.4 Å². The van der Waals surface area contributed by atoms with Crippen molar-refractivity contribution in [2.75, 3.05) is 11.1 Å². The van der Waals surface area contributed by atoms with Gasteiger partial charge in [-0.05, 0) is 35.2 Å². The summed E-state index contributed by atoms with van der Waals surface area (Å²) in [4.78, 5) is 25.8. The van der Waals surface area contributed by atoms with E-state index in [4.69, 9.17) is 5.73 Å². The topological polar surface area (TPSA) is 92.9 Å². The van der Waals surface area contributed by atoms with E-state index in [0.717, 1.165) is 12.0 Å². The summed E-state index contributed by atoms with van der Waals surface area (Å²) < 4.78 is 1.38. The number of hydrogen-bond donors (Lipinski definition) is 3. The molecule has 0 atom stereocenters. The number of rotatable bonds is 5. The van der Waals surface area contributed by atoms with Gasteiger partial charge in [0, 0.05) is 13.1 Å². The van der Waals surface area contributed by atoms with Gasteiger partial charge >= 0.3 is 5.69 Å². The molecule has 2 heterocycles. The Bertz CT molecular complexity index is 714. The summed E-state index contributed by atoms with van der Waals surface area (Å²) in [5, 5.41) is 7.10. The first-order valence-electron chi connectivity index (χ1n) is 6.42. The molecule has 0 aliphatic rings. The molecule has 2 aromatic heterocycles. The van der Waals surface area contributed by atoms with Gasteiger partial charge in [-0.2, -0.15) is 11.3 Å². The second-order valence-corrected chi connectivity index (χ2v) is 5.35. The summed E-state index contributed by atoms with van der Waals surface area (Å²) in [6.07, 6.45) is 0.763. The highest BCUT2D eigenvalue weighted by Crippen LogP contribution is 2.17. The summed E-state index contributed by atoms with van der Waals surface area (Å²) in [5.41, 5.74) is 7.52. The lowest BCUT2D eigenvalue weighted by molar-refractivity contribution is 0.642. The Kier molecular flexibility index (Phi) is 4.29. The lowest BCUT2D eigenvalue weighted by atomic mass is 10.2. The molecule has 0 spiro atoms. The summed E-state index contributed by atoms with van der Waals surface area (Å²) in [7, 11) is 0. The number of H-pyrrole nitrogens is 1. The van der Waals surface area contributed by atoms with Crippen LogP contribution in [0.2, 0.25) is 0 Å². The van der Waals surface area contributed by atoms with Crippen LogP contribution in [0.15, 0.2) is 20.3 Å². The molecule has 2 aromatic rings. The maximum atomic E-state index is 11.9. The molecule has 0 aromatic carbocycles. The van der Waals surface area contributed by atoms with Crippen LogP contribution in [0.5, 0.6) is 0 Å². The SMILES string of the molecule is CCCn1c(N)c(NCc2cscc2C)c(=O)[nH]c1=O. The monoisotopic (exact) mass is 294 g/mol. The van der Waals surface area contributed by atoms with Crippen LogP contribution in [-0.2, 0) is 13.1 Å². The molecule has 108 valence electrons. The van der Waals surface area contributed by atoms with E-state index in [0.29, 0.717) is 13.1 Å². The van der Waals surface area contributed by atoms with Crippen molar-refractivity contribution < 1.29 is 0 Å². The molecule has 4 N–H and O–H groups in total. The summed E-state index contributed by atoms with van der Waals surface area (Å²) in [6, 6.07) is 0. The zero-order chi connectivity index (χ0) is 14.7. The molecule has 0 saturated heterocycles. The highest BCUT2D eigenvalue weighted by molar-refractivity contribution is 7.08. The molecule has 20 heavy (non-hydrogen) atoms. The van der Waals surface area contributed by atoms with Gasteiger partial charge in [0.05, 0.1) is 0 Å². The highest BCUT2D eigenvalue weighted by Gasteiger charge is 2.11. The zero-order valence-electron chi connectivity index (χ0n) is 11.5. The zero-order valence-corrected chi connectivity index (χ0v) is 12.3. The van der Waals surface area contributed by atoms with Crippen LogP contribution in [0.4, 0.5) is 11.5 Å². The van der Waals surface area contributed by atoms with Gasteiger partial charge in [-0.1, -0.05) is 6.92 Å². The average molecular weight is 294 g/mol. The van der Waals surface area contributed by atoms with Crippen molar-refractivity contribution in [1.82, 2.24) is 9.55 Å². The first-order chi connectivity index (χ1) is 9.54. The van der Waals surface area contributed by atoms with Crippen LogP contribution in [0.25, 0.3) is 0 Å². The highest BCUT2D eigenvalue weighted by atomic mass is 32.1. The Labute approximate surface area is 120 Å². The smallest absolute Gasteiger partial charge is 0.330 e. The van der Waals surface area contributed by atoms with E-state index in [1.54, 1.807) is 11.3 Å². The minimum Gasteiger partial charge on any atom is -0.383 e. The molecule has 0 unspecified atom stereocenters. The minimum atomic E-state index is -0.479. The van der Waals surface area contributed by atoms with Crippen molar-refractivity contribution in [2.24, 2.45) is 0 Å². The summed E-state index contributed by atoms with van der Waals surface area (Å²) in [5.74, 6) is 0.188. The number of nitrogen functional groups attached to an aromatic ring is 1. The van der Waals surface area contributed by atoms with Gasteiger partial charge in [-0.3, -0.25) is 14.3 Å². The molecule has 0 amide bonds. The normalized spacial score (nSPS) is 10.7. The molecule has 0 radical (unpaired) electrons. The van der Waals surface area contributed by atoms with E-state index in [9.17, 15) is 9.59 Å². The standard InChI is InChI=1S/C13H18N4O2S/c1-3-4-17-11(14)10(12(18)16-13(17)19)15-5-9-7-20-6-8(9)2/h6-7,15H,3-5,14H2,1-2H3,(H,16,18,19). The van der Waals surface area contributed by atoms with Gasteiger partial charge in [0.2, 0.25) is 0 Å². The number of anilines is 2. The first kappa shape index (κ1) is 14.4. The van der Waals surface area contributed by atoms with Crippen LogP contribution < -0.4 is 22.3 Å². The van der Waals surface area contributed by atoms with Gasteiger partial charge in [-0.15, -0.1) is 0 Å². The van der Waals surface area contributed by atoms with Crippen molar-refractivity contribution in [3.05, 3.63) is 42.7 Å². The van der Waals surface area contributed by atoms with Crippen LogP contribution in [0, 0.1) is 6.92 Å². The predicted octanol–water partition coefficient (Wildman–Crippen LogP) is 1.51. The van der Waals surface area contributed by atoms with E-state index in [1.807, 2.05) is 24.6 Å². The second-order valence-electron chi connectivity index (χ2n) is 4.60. The average Bonchev–Trinajstić information content (AvgIpc) is 2.80. The molecule has 0 aliphatic carbocycles. The maximum Gasteiger partial charge on any atom is 0.330 e. The molecule has 0 fully saturated rings. The minimum absolute atomic E-state index is 0.188. The fraction of sp³-hybridized carbons (Fsp3) is 0.385. The van der Waals surface area contributed by atoms with Crippen molar-refractivity contribution in [1.29, 1.82) is 0 Å². The lowest BCUT2D eigenvalue weighted by Crippen LogP contribution is -2.34. The fourth-order valence-corrected chi connectivity index (χ4v) is 2.81. The third-order valence-electron chi connectivity index (χ3n) is 3.10. The quantitative estimate of drug-likeness (QED) is 0.779. The fourth-order valence-electron chi connectivity index (χ4n) is 1.96. The number of aryl methyl sites for hydroxylation is 1. The number of nitrogens with two attached hydrogens (primary N) is 1. The number of thiophene rings is 1. The lowest BCUT2D eigenvalue weighted by Gasteiger charge is -2.13. The molecule has 0 aliphatic heterocycles. The molecule has 6 nitrogen and oxygen atoms in total. The van der Waals surface area contributed by atoms with Crippen LogP contribution in [0.1, 0.15) is 24.5 Å². The maximum absolute atomic E-state index is 11.9. The largest absolute Gasteiger partial charge is 0.383 e. The van der Waals surface area contributed by atoms with Gasteiger partial charge in [0.1, 0.15) is 11.5 Å². The predicted molar refractivity (Wildman–Crippen MR) is 82.4 cm³/mol. The number of aromatic nitrogens is 2. The molecular weight excluding hydrogens is 276 g/mol. The Morgan fingerprint density at radius 3 is 2.75 bits per heavy atom. The molecule has 0 bridgehead atoms. The second kappa shape index (κ2) is 5.96. The van der Waals surface area contributed by atoms with Gasteiger partial charge in [0.15, 0.2) is 0 Å². The summed E-state index contributed by atoms with van der Waals surface area (Å²) >= 11 is 1.61. The van der Waals surface area contributed by atoms with Crippen LogP contribution >= 0.6 is 11.3 Å². The first-order valence-corrected chi connectivity index (χ1v) is 7.37. The van der Waals surface area contributed by atoms with E-state index in [-0.39, 0.29) is 11.5 Å². The van der Waals surface area contributed by atoms with Gasteiger partial charge in [0.25, 0.3) is 5.56 Å². The van der Waals surface area contributed by atoms with Crippen LogP contribution in [0.3, 0.4) is 0 Å². The van der Waals surface area contributed by atoms with E-state index in [1.165, 1.54) is 10.1 Å². The van der Waals surface area contributed by atoms with Crippen molar-refractivity contribution in [3.8, 4) is 0 Å². The number of hydrogen-bond acceptors (Lipinski definition) is 5. The Hall–Kier alpha value is -2.02. The molecule has 7 heteroatoms. The van der Waals surface area contributed by atoms with Gasteiger partial charge < -0.3 is 11.1 Å². The third-order valence-corrected chi connectivity index (χ3v) is 4.01. The Balaban J connectivity index is 2.32.